The Morgan fingerprint density at radius 2 is 1.79 bits per heavy atom. The summed E-state index contributed by atoms with van der Waals surface area (Å²) in [4.78, 5) is 11.6. The van der Waals surface area contributed by atoms with Crippen LogP contribution in [0.5, 0.6) is 0 Å². The van der Waals surface area contributed by atoms with Crippen molar-refractivity contribution < 1.29 is 18.7 Å². The molecule has 24 heavy (non-hydrogen) atoms. The number of cyclic esters (lactones) is 1. The van der Waals surface area contributed by atoms with Gasteiger partial charge in [-0.05, 0) is 57.7 Å². The molecule has 2 aliphatic heterocycles. The van der Waals surface area contributed by atoms with Crippen LogP contribution in [0.1, 0.15) is 73.6 Å². The molecule has 140 valence electrons. The van der Waals surface area contributed by atoms with E-state index in [9.17, 15) is 4.79 Å². The maximum absolute atomic E-state index is 11.6. The Hall–Kier alpha value is -0.393. The highest BCUT2D eigenvalue weighted by atomic mass is 28.4. The topological polar surface area (TPSA) is 44.8 Å². The molecule has 0 spiro atoms. The van der Waals surface area contributed by atoms with E-state index in [0.717, 1.165) is 43.8 Å². The predicted octanol–water partition coefficient (Wildman–Crippen LogP) is 4.82. The lowest BCUT2D eigenvalue weighted by atomic mass is 9.81. The summed E-state index contributed by atoms with van der Waals surface area (Å²) >= 11 is 0. The lowest BCUT2D eigenvalue weighted by molar-refractivity contribution is -0.211. The van der Waals surface area contributed by atoms with Gasteiger partial charge in [-0.15, -0.1) is 0 Å². The van der Waals surface area contributed by atoms with E-state index in [0.29, 0.717) is 6.42 Å². The first kappa shape index (κ1) is 19.9. The zero-order valence-corrected chi connectivity index (χ0v) is 17.4. The molecular weight excluding hydrogens is 320 g/mol. The van der Waals surface area contributed by atoms with Gasteiger partial charge >= 0.3 is 5.97 Å². The van der Waals surface area contributed by atoms with Gasteiger partial charge in [-0.2, -0.15) is 0 Å². The first-order valence-electron chi connectivity index (χ1n) is 9.86. The molecule has 0 aromatic rings. The Balaban J connectivity index is 2.13. The maximum atomic E-state index is 11.6. The first-order valence-corrected chi connectivity index (χ1v) is 12.4. The number of hydrogen-bond acceptors (Lipinski definition) is 4. The van der Waals surface area contributed by atoms with E-state index < -0.39 is 13.9 Å². The molecule has 2 fully saturated rings. The minimum Gasteiger partial charge on any atom is -0.457 e. The fraction of sp³-hybridized carbons (Fsp3) is 0.947. The molecule has 0 aliphatic carbocycles. The summed E-state index contributed by atoms with van der Waals surface area (Å²) in [5, 5.41) is 0. The Kier molecular flexibility index (Phi) is 6.20. The molecule has 0 amide bonds. The van der Waals surface area contributed by atoms with E-state index in [2.05, 4.69) is 34.6 Å². The summed E-state index contributed by atoms with van der Waals surface area (Å²) in [5.74, 6) is -0.0910. The first-order chi connectivity index (χ1) is 11.3. The van der Waals surface area contributed by atoms with Gasteiger partial charge in [0.25, 0.3) is 0 Å². The highest BCUT2D eigenvalue weighted by Gasteiger charge is 2.52. The standard InChI is InChI=1S/C19H36O4Si/c1-7-19(23-24(8-2,9-3)10-4)14-11-16(21-15(19)5)18(6)13-12-17(20)22-18/h15-16H,7-14H2,1-6H3/t15-,16+,18-,19+/m0/s1. The Morgan fingerprint density at radius 1 is 1.17 bits per heavy atom. The van der Waals surface area contributed by atoms with E-state index in [1.165, 1.54) is 0 Å². The van der Waals surface area contributed by atoms with Crippen LogP contribution in [0.4, 0.5) is 0 Å². The van der Waals surface area contributed by atoms with Gasteiger partial charge in [0.1, 0.15) is 5.60 Å². The van der Waals surface area contributed by atoms with Crippen LogP contribution in [0.25, 0.3) is 0 Å². The third kappa shape index (κ3) is 3.58. The van der Waals surface area contributed by atoms with Gasteiger partial charge in [0, 0.05) is 6.42 Å². The van der Waals surface area contributed by atoms with Gasteiger partial charge in [0.2, 0.25) is 0 Å². The van der Waals surface area contributed by atoms with Crippen molar-refractivity contribution >= 4 is 14.3 Å². The minimum absolute atomic E-state index is 0.0110. The zero-order valence-electron chi connectivity index (χ0n) is 16.4. The average molecular weight is 357 g/mol. The molecule has 4 nitrogen and oxygen atoms in total. The highest BCUT2D eigenvalue weighted by Crippen LogP contribution is 2.44. The van der Waals surface area contributed by atoms with Crippen molar-refractivity contribution in [2.75, 3.05) is 0 Å². The average Bonchev–Trinajstić information content (AvgIpc) is 2.94. The number of ether oxygens (including phenoxy) is 2. The normalized spacial score (nSPS) is 37.5. The number of esters is 1. The van der Waals surface area contributed by atoms with Crippen LogP contribution in [-0.2, 0) is 18.7 Å². The van der Waals surface area contributed by atoms with Crippen molar-refractivity contribution in [1.82, 2.24) is 0 Å². The summed E-state index contributed by atoms with van der Waals surface area (Å²) in [6.07, 6.45) is 4.18. The Labute approximate surface area is 148 Å². The summed E-state index contributed by atoms with van der Waals surface area (Å²) in [6, 6.07) is 3.48. The molecule has 2 rings (SSSR count). The van der Waals surface area contributed by atoms with Gasteiger partial charge in [-0.1, -0.05) is 27.7 Å². The largest absolute Gasteiger partial charge is 0.457 e. The fourth-order valence-electron chi connectivity index (χ4n) is 4.47. The highest BCUT2D eigenvalue weighted by molar-refractivity contribution is 6.73. The van der Waals surface area contributed by atoms with E-state index in [1.54, 1.807) is 0 Å². The van der Waals surface area contributed by atoms with E-state index in [-0.39, 0.29) is 23.8 Å². The smallest absolute Gasteiger partial charge is 0.306 e. The van der Waals surface area contributed by atoms with Crippen LogP contribution >= 0.6 is 0 Å². The van der Waals surface area contributed by atoms with E-state index >= 15 is 0 Å². The van der Waals surface area contributed by atoms with Crippen LogP contribution in [-0.4, -0.2) is 37.7 Å². The number of hydrogen-bond donors (Lipinski definition) is 0. The maximum Gasteiger partial charge on any atom is 0.306 e. The predicted molar refractivity (Wildman–Crippen MR) is 98.6 cm³/mol. The molecule has 0 saturated carbocycles. The molecule has 4 atom stereocenters. The third-order valence-electron chi connectivity index (χ3n) is 6.74. The van der Waals surface area contributed by atoms with E-state index in [4.69, 9.17) is 13.9 Å². The number of carbonyl (C=O) groups is 1. The molecule has 0 unspecified atom stereocenters. The van der Waals surface area contributed by atoms with Crippen LogP contribution in [0.2, 0.25) is 18.1 Å². The zero-order chi connectivity index (χ0) is 18.0. The van der Waals surface area contributed by atoms with Gasteiger partial charge in [0.15, 0.2) is 8.32 Å². The van der Waals surface area contributed by atoms with Crippen molar-refractivity contribution in [1.29, 1.82) is 0 Å². The quantitative estimate of drug-likeness (QED) is 0.484. The second-order valence-electron chi connectivity index (χ2n) is 7.86. The molecule has 2 heterocycles. The number of rotatable bonds is 7. The Morgan fingerprint density at radius 3 is 2.21 bits per heavy atom. The van der Waals surface area contributed by atoms with Crippen LogP contribution < -0.4 is 0 Å². The molecule has 0 aromatic heterocycles. The van der Waals surface area contributed by atoms with Crippen molar-refractivity contribution in [3.05, 3.63) is 0 Å². The van der Waals surface area contributed by atoms with Crippen molar-refractivity contribution in [2.45, 2.75) is 115 Å². The van der Waals surface area contributed by atoms with Gasteiger partial charge in [-0.3, -0.25) is 4.79 Å². The van der Waals surface area contributed by atoms with Gasteiger partial charge in [0.05, 0.1) is 17.8 Å². The molecule has 0 bridgehead atoms. The van der Waals surface area contributed by atoms with Gasteiger partial charge in [-0.25, -0.2) is 0 Å². The number of carbonyl (C=O) groups excluding carboxylic acids is 1. The second kappa shape index (κ2) is 7.46. The van der Waals surface area contributed by atoms with Gasteiger partial charge < -0.3 is 13.9 Å². The van der Waals surface area contributed by atoms with Crippen LogP contribution in [0.15, 0.2) is 0 Å². The lowest BCUT2D eigenvalue weighted by Crippen LogP contribution is -2.59. The molecule has 2 aliphatic rings. The van der Waals surface area contributed by atoms with Crippen molar-refractivity contribution in [3.8, 4) is 0 Å². The minimum atomic E-state index is -1.69. The fourth-order valence-corrected chi connectivity index (χ4v) is 7.68. The molecule has 5 heteroatoms. The van der Waals surface area contributed by atoms with E-state index in [1.807, 2.05) is 6.92 Å². The third-order valence-corrected chi connectivity index (χ3v) is 11.4. The monoisotopic (exact) mass is 356 g/mol. The summed E-state index contributed by atoms with van der Waals surface area (Å²) in [7, 11) is -1.69. The van der Waals surface area contributed by atoms with Crippen molar-refractivity contribution in [3.63, 3.8) is 0 Å². The molecule has 0 radical (unpaired) electrons. The summed E-state index contributed by atoms with van der Waals surface area (Å²) < 4.78 is 19.0. The Bertz CT molecular complexity index is 442. The van der Waals surface area contributed by atoms with Crippen LogP contribution in [0.3, 0.4) is 0 Å². The molecule has 0 aromatic carbocycles. The van der Waals surface area contributed by atoms with Crippen LogP contribution in [0, 0.1) is 0 Å². The van der Waals surface area contributed by atoms with Crippen molar-refractivity contribution in [2.24, 2.45) is 0 Å². The second-order valence-corrected chi connectivity index (χ2v) is 12.5. The SMILES string of the molecule is CC[C@@]1(O[Si](CC)(CC)CC)CC[C@H]([C@]2(C)CCC(=O)O2)O[C@H]1C. The molecule has 2 saturated heterocycles. The molecule has 0 N–H and O–H groups in total. The summed E-state index contributed by atoms with van der Waals surface area (Å²) in [6.45, 7) is 13.2. The molecular formula is C19H36O4Si. The summed E-state index contributed by atoms with van der Waals surface area (Å²) in [5.41, 5.74) is -0.635. The lowest BCUT2D eigenvalue weighted by Gasteiger charge is -2.51.